The molecule has 4 nitrogen and oxygen atoms in total. The summed E-state index contributed by atoms with van der Waals surface area (Å²) in [4.78, 5) is 12.9. The Morgan fingerprint density at radius 3 is 2.83 bits per heavy atom. The maximum atomic E-state index is 11.2. The molecule has 1 fully saturated rings. The molecule has 0 aromatic rings. The molecule has 0 aromatic heterocycles. The third kappa shape index (κ3) is 1.76. The standard InChI is InChI=1S/C8H16N2O2/c1-8(12-2)3-4-10(6-8)7(11)5-9/h3-6,9H2,1-2H3. The first-order valence-electron chi connectivity index (χ1n) is 4.14. The minimum Gasteiger partial charge on any atom is -0.377 e. The highest BCUT2D eigenvalue weighted by molar-refractivity contribution is 5.78. The summed E-state index contributed by atoms with van der Waals surface area (Å²) in [5, 5.41) is 0. The van der Waals surface area contributed by atoms with Gasteiger partial charge in [0.1, 0.15) is 0 Å². The fourth-order valence-corrected chi connectivity index (χ4v) is 1.44. The van der Waals surface area contributed by atoms with Gasteiger partial charge in [-0.15, -0.1) is 0 Å². The fourth-order valence-electron chi connectivity index (χ4n) is 1.44. The van der Waals surface area contributed by atoms with Crippen LogP contribution in [0.2, 0.25) is 0 Å². The van der Waals surface area contributed by atoms with Gasteiger partial charge in [-0.2, -0.15) is 0 Å². The van der Waals surface area contributed by atoms with E-state index in [9.17, 15) is 4.79 Å². The van der Waals surface area contributed by atoms with E-state index >= 15 is 0 Å². The van der Waals surface area contributed by atoms with Crippen molar-refractivity contribution in [2.24, 2.45) is 5.73 Å². The van der Waals surface area contributed by atoms with E-state index in [1.54, 1.807) is 12.0 Å². The second-order valence-corrected chi connectivity index (χ2v) is 3.42. The first-order valence-corrected chi connectivity index (χ1v) is 4.14. The molecule has 4 heteroatoms. The largest absolute Gasteiger partial charge is 0.377 e. The Balaban J connectivity index is 2.50. The van der Waals surface area contributed by atoms with Crippen LogP contribution in [0.3, 0.4) is 0 Å². The van der Waals surface area contributed by atoms with Crippen LogP contribution in [0.15, 0.2) is 0 Å². The van der Waals surface area contributed by atoms with Crippen LogP contribution in [0.5, 0.6) is 0 Å². The van der Waals surface area contributed by atoms with E-state index in [1.165, 1.54) is 0 Å². The Labute approximate surface area is 72.7 Å². The number of ether oxygens (including phenoxy) is 1. The molecule has 1 aliphatic heterocycles. The molecular weight excluding hydrogens is 156 g/mol. The van der Waals surface area contributed by atoms with Crippen LogP contribution in [-0.4, -0.2) is 43.2 Å². The van der Waals surface area contributed by atoms with E-state index in [0.717, 1.165) is 13.0 Å². The van der Waals surface area contributed by atoms with Crippen molar-refractivity contribution in [3.63, 3.8) is 0 Å². The predicted octanol–water partition coefficient (Wildman–Crippen LogP) is -0.417. The SMILES string of the molecule is COC1(C)CCN(C(=O)CN)C1. The van der Waals surface area contributed by atoms with Crippen molar-refractivity contribution in [1.29, 1.82) is 0 Å². The molecule has 0 bridgehead atoms. The third-order valence-electron chi connectivity index (χ3n) is 2.46. The van der Waals surface area contributed by atoms with Gasteiger partial charge in [0.25, 0.3) is 0 Å². The molecule has 2 N–H and O–H groups in total. The van der Waals surface area contributed by atoms with E-state index in [-0.39, 0.29) is 18.1 Å². The monoisotopic (exact) mass is 172 g/mol. The predicted molar refractivity (Wildman–Crippen MR) is 45.7 cm³/mol. The molecular formula is C8H16N2O2. The van der Waals surface area contributed by atoms with Gasteiger partial charge < -0.3 is 15.4 Å². The summed E-state index contributed by atoms with van der Waals surface area (Å²) in [6, 6.07) is 0. The summed E-state index contributed by atoms with van der Waals surface area (Å²) in [5.41, 5.74) is 5.09. The van der Waals surface area contributed by atoms with Gasteiger partial charge in [0, 0.05) is 20.2 Å². The van der Waals surface area contributed by atoms with E-state index in [4.69, 9.17) is 10.5 Å². The van der Waals surface area contributed by atoms with Crippen LogP contribution in [0.25, 0.3) is 0 Å². The Morgan fingerprint density at radius 2 is 2.42 bits per heavy atom. The van der Waals surface area contributed by atoms with Gasteiger partial charge in [-0.25, -0.2) is 0 Å². The Kier molecular flexibility index (Phi) is 2.69. The molecule has 70 valence electrons. The molecule has 0 aromatic carbocycles. The van der Waals surface area contributed by atoms with Gasteiger partial charge in [-0.1, -0.05) is 0 Å². The van der Waals surface area contributed by atoms with E-state index in [2.05, 4.69) is 0 Å². The van der Waals surface area contributed by atoms with Crippen LogP contribution in [0, 0.1) is 0 Å². The van der Waals surface area contributed by atoms with Crippen molar-refractivity contribution >= 4 is 5.91 Å². The van der Waals surface area contributed by atoms with Crippen LogP contribution in [0.4, 0.5) is 0 Å². The van der Waals surface area contributed by atoms with E-state index in [0.29, 0.717) is 6.54 Å². The van der Waals surface area contributed by atoms with Crippen molar-refractivity contribution in [3.8, 4) is 0 Å². The number of nitrogens with zero attached hydrogens (tertiary/aromatic N) is 1. The lowest BCUT2D eigenvalue weighted by molar-refractivity contribution is -0.129. The molecule has 1 rings (SSSR count). The number of amides is 1. The molecule has 1 atom stereocenters. The van der Waals surface area contributed by atoms with Gasteiger partial charge in [-0.3, -0.25) is 4.79 Å². The molecule has 0 spiro atoms. The zero-order chi connectivity index (χ0) is 9.19. The van der Waals surface area contributed by atoms with E-state index in [1.807, 2.05) is 6.92 Å². The molecule has 0 radical (unpaired) electrons. The minimum absolute atomic E-state index is 0.00998. The number of carbonyl (C=O) groups excluding carboxylic acids is 1. The minimum atomic E-state index is -0.162. The van der Waals surface area contributed by atoms with Crippen molar-refractivity contribution in [3.05, 3.63) is 0 Å². The lowest BCUT2D eigenvalue weighted by Crippen LogP contribution is -2.38. The average Bonchev–Trinajstić information content (AvgIpc) is 2.48. The molecule has 1 saturated heterocycles. The summed E-state index contributed by atoms with van der Waals surface area (Å²) in [6.45, 7) is 3.54. The second-order valence-electron chi connectivity index (χ2n) is 3.42. The number of nitrogens with two attached hydrogens (primary N) is 1. The van der Waals surface area contributed by atoms with Crippen molar-refractivity contribution in [2.45, 2.75) is 18.9 Å². The van der Waals surface area contributed by atoms with Gasteiger partial charge in [-0.05, 0) is 13.3 Å². The lowest BCUT2D eigenvalue weighted by atomic mass is 10.1. The van der Waals surface area contributed by atoms with Crippen LogP contribution in [0.1, 0.15) is 13.3 Å². The Hall–Kier alpha value is -0.610. The fraction of sp³-hybridized carbons (Fsp3) is 0.875. The second kappa shape index (κ2) is 3.41. The van der Waals surface area contributed by atoms with E-state index < -0.39 is 0 Å². The average molecular weight is 172 g/mol. The number of rotatable bonds is 2. The molecule has 12 heavy (non-hydrogen) atoms. The summed E-state index contributed by atoms with van der Waals surface area (Å²) in [7, 11) is 1.68. The van der Waals surface area contributed by atoms with Gasteiger partial charge in [0.2, 0.25) is 5.91 Å². The Bertz CT molecular complexity index is 184. The number of hydrogen-bond donors (Lipinski definition) is 1. The van der Waals surface area contributed by atoms with Crippen LogP contribution in [-0.2, 0) is 9.53 Å². The third-order valence-corrected chi connectivity index (χ3v) is 2.46. The number of hydrogen-bond acceptors (Lipinski definition) is 3. The lowest BCUT2D eigenvalue weighted by Gasteiger charge is -2.22. The molecule has 0 aliphatic carbocycles. The smallest absolute Gasteiger partial charge is 0.236 e. The summed E-state index contributed by atoms with van der Waals surface area (Å²) < 4.78 is 5.29. The quantitative estimate of drug-likeness (QED) is 0.615. The Morgan fingerprint density at radius 1 is 1.75 bits per heavy atom. The van der Waals surface area contributed by atoms with Crippen molar-refractivity contribution in [1.82, 2.24) is 4.90 Å². The van der Waals surface area contributed by atoms with Gasteiger partial charge in [0.15, 0.2) is 0 Å². The normalized spacial score (nSPS) is 29.4. The van der Waals surface area contributed by atoms with Gasteiger partial charge >= 0.3 is 0 Å². The highest BCUT2D eigenvalue weighted by Crippen LogP contribution is 2.23. The van der Waals surface area contributed by atoms with Crippen LogP contribution >= 0.6 is 0 Å². The summed E-state index contributed by atoms with van der Waals surface area (Å²) in [6.07, 6.45) is 0.898. The molecule has 1 unspecified atom stereocenters. The summed E-state index contributed by atoms with van der Waals surface area (Å²) >= 11 is 0. The first kappa shape index (κ1) is 9.48. The molecule has 1 aliphatic rings. The topological polar surface area (TPSA) is 55.6 Å². The number of methoxy groups -OCH3 is 1. The number of carbonyl (C=O) groups is 1. The molecule has 1 amide bonds. The first-order chi connectivity index (χ1) is 5.61. The zero-order valence-electron chi connectivity index (χ0n) is 7.67. The highest BCUT2D eigenvalue weighted by Gasteiger charge is 2.35. The van der Waals surface area contributed by atoms with Crippen molar-refractivity contribution < 1.29 is 9.53 Å². The maximum absolute atomic E-state index is 11.2. The van der Waals surface area contributed by atoms with Gasteiger partial charge in [0.05, 0.1) is 12.1 Å². The number of likely N-dealkylation sites (tertiary alicyclic amines) is 1. The summed E-state index contributed by atoms with van der Waals surface area (Å²) in [5.74, 6) is 0.00998. The molecule has 1 heterocycles. The highest BCUT2D eigenvalue weighted by atomic mass is 16.5. The van der Waals surface area contributed by atoms with Crippen LogP contribution < -0.4 is 5.73 Å². The zero-order valence-corrected chi connectivity index (χ0v) is 7.67. The van der Waals surface area contributed by atoms with Crippen molar-refractivity contribution in [2.75, 3.05) is 26.7 Å². The molecule has 0 saturated carbocycles. The maximum Gasteiger partial charge on any atom is 0.236 e.